The van der Waals surface area contributed by atoms with Crippen molar-refractivity contribution in [1.29, 1.82) is 0 Å². The molecule has 1 heterocycles. The molecule has 1 aliphatic heterocycles. The summed E-state index contributed by atoms with van der Waals surface area (Å²) >= 11 is 0. The summed E-state index contributed by atoms with van der Waals surface area (Å²) < 4.78 is 0. The molecule has 5 aromatic rings. The van der Waals surface area contributed by atoms with Crippen LogP contribution in [0.1, 0.15) is 94.2 Å². The average molecular weight is 609 g/mol. The van der Waals surface area contributed by atoms with Gasteiger partial charge in [-0.05, 0) is 100.0 Å². The molecule has 1 fully saturated rings. The van der Waals surface area contributed by atoms with Crippen molar-refractivity contribution in [3.63, 3.8) is 0 Å². The number of aryl methyl sites for hydroxylation is 4. The molecule has 45 heavy (non-hydrogen) atoms. The van der Waals surface area contributed by atoms with Gasteiger partial charge >= 0.3 is 0 Å². The van der Waals surface area contributed by atoms with Crippen molar-refractivity contribution in [2.24, 2.45) is 0 Å². The Morgan fingerprint density at radius 2 is 0.867 bits per heavy atom. The highest BCUT2D eigenvalue weighted by Crippen LogP contribution is 2.55. The predicted octanol–water partition coefficient (Wildman–Crippen LogP) is 10.5. The predicted molar refractivity (Wildman–Crippen MR) is 193 cm³/mol. The Morgan fingerprint density at radius 3 is 1.24 bits per heavy atom. The fourth-order valence-electron chi connectivity index (χ4n) is 8.02. The molecular formula is C43H45OP. The largest absolute Gasteiger partial charge is 0.300 e. The van der Waals surface area contributed by atoms with E-state index in [0.29, 0.717) is 29.9 Å². The van der Waals surface area contributed by atoms with E-state index in [2.05, 4.69) is 157 Å². The van der Waals surface area contributed by atoms with Crippen LogP contribution in [-0.4, -0.2) is 17.1 Å². The molecule has 4 unspecified atom stereocenters. The molecule has 0 amide bonds. The molecule has 0 bridgehead atoms. The number of carbonyl (C=O) groups excluding carboxylic acids is 1. The molecule has 6 rings (SSSR count). The zero-order valence-electron chi connectivity index (χ0n) is 27.5. The van der Waals surface area contributed by atoms with Gasteiger partial charge in [-0.25, -0.2) is 0 Å². The van der Waals surface area contributed by atoms with Crippen LogP contribution in [-0.2, 0) is 4.79 Å². The Kier molecular flexibility index (Phi) is 9.21. The number of Topliss-reactive ketones (excluding diaryl/α,β-unsaturated/α-hetero) is 1. The molecular weight excluding hydrogens is 563 g/mol. The van der Waals surface area contributed by atoms with Crippen molar-refractivity contribution in [2.75, 3.05) is 0 Å². The number of carbonyl (C=O) groups is 1. The van der Waals surface area contributed by atoms with Crippen molar-refractivity contribution in [2.45, 2.75) is 77.5 Å². The van der Waals surface area contributed by atoms with E-state index in [9.17, 15) is 4.79 Å². The molecule has 0 spiro atoms. The van der Waals surface area contributed by atoms with Gasteiger partial charge in [0.25, 0.3) is 0 Å². The second kappa shape index (κ2) is 13.3. The maximum atomic E-state index is 13.0. The van der Waals surface area contributed by atoms with Gasteiger partial charge in [-0.1, -0.05) is 137 Å². The van der Waals surface area contributed by atoms with Crippen LogP contribution in [0.25, 0.3) is 0 Å². The van der Waals surface area contributed by atoms with E-state index in [1.165, 1.54) is 60.9 Å². The zero-order chi connectivity index (χ0) is 31.7. The van der Waals surface area contributed by atoms with Crippen molar-refractivity contribution in [3.05, 3.63) is 171 Å². The highest BCUT2D eigenvalue weighted by atomic mass is 31.1. The summed E-state index contributed by atoms with van der Waals surface area (Å²) in [4.78, 5) is 13.0. The summed E-state index contributed by atoms with van der Waals surface area (Å²) in [6, 6.07) is 42.7. The third-order valence-corrected chi connectivity index (χ3v) is 13.2. The molecule has 1 nitrogen and oxygen atoms in total. The summed E-state index contributed by atoms with van der Waals surface area (Å²) in [5.74, 6) is 0.601. The minimum atomic E-state index is -0.643. The topological polar surface area (TPSA) is 17.1 Å². The Labute approximate surface area is 271 Å². The highest BCUT2D eigenvalue weighted by molar-refractivity contribution is 7.67. The van der Waals surface area contributed by atoms with Crippen molar-refractivity contribution in [1.82, 2.24) is 0 Å². The van der Waals surface area contributed by atoms with Crippen LogP contribution in [0.3, 0.4) is 0 Å². The van der Waals surface area contributed by atoms with E-state index in [1.54, 1.807) is 0 Å². The van der Waals surface area contributed by atoms with E-state index < -0.39 is 7.92 Å². The van der Waals surface area contributed by atoms with Crippen LogP contribution >= 0.6 is 7.92 Å². The molecule has 5 aromatic carbocycles. The molecule has 2 heteroatoms. The SMILES string of the molecule is Cc1cccc(C)c1C(c1ccccc1)c1cccc(C(c2ccccc2)c2c(C)cccc2C)c1P1C(C)CC(=O)CC1C. The number of rotatable bonds is 7. The maximum Gasteiger partial charge on any atom is 0.134 e. The number of benzene rings is 5. The van der Waals surface area contributed by atoms with Crippen LogP contribution in [0, 0.1) is 27.7 Å². The van der Waals surface area contributed by atoms with Gasteiger partial charge in [-0.3, -0.25) is 4.79 Å². The van der Waals surface area contributed by atoms with Crippen LogP contribution in [0.4, 0.5) is 0 Å². The second-order valence-corrected chi connectivity index (χ2v) is 16.2. The Morgan fingerprint density at radius 1 is 0.511 bits per heavy atom. The molecule has 0 aromatic heterocycles. The van der Waals surface area contributed by atoms with E-state index in [4.69, 9.17) is 0 Å². The van der Waals surface area contributed by atoms with E-state index in [0.717, 1.165) is 0 Å². The first-order chi connectivity index (χ1) is 21.8. The lowest BCUT2D eigenvalue weighted by Crippen LogP contribution is -2.33. The van der Waals surface area contributed by atoms with Gasteiger partial charge < -0.3 is 0 Å². The molecule has 0 aliphatic carbocycles. The first kappa shape index (κ1) is 31.2. The summed E-state index contributed by atoms with van der Waals surface area (Å²) in [5.41, 5.74) is 14.2. The van der Waals surface area contributed by atoms with Crippen molar-refractivity contribution < 1.29 is 4.79 Å². The molecule has 1 aliphatic rings. The molecule has 4 atom stereocenters. The minimum absolute atomic E-state index is 0.0938. The lowest BCUT2D eigenvalue weighted by molar-refractivity contribution is -0.119. The number of hydrogen-bond donors (Lipinski definition) is 0. The molecule has 0 saturated carbocycles. The minimum Gasteiger partial charge on any atom is -0.300 e. The third-order valence-electron chi connectivity index (χ3n) is 9.90. The molecule has 0 radical (unpaired) electrons. The van der Waals surface area contributed by atoms with Crippen molar-refractivity contribution in [3.8, 4) is 0 Å². The van der Waals surface area contributed by atoms with Gasteiger partial charge in [0.05, 0.1) is 0 Å². The summed E-state index contributed by atoms with van der Waals surface area (Å²) in [5, 5.41) is 1.51. The first-order valence-corrected chi connectivity index (χ1v) is 17.9. The summed E-state index contributed by atoms with van der Waals surface area (Å²) in [6.45, 7) is 13.7. The second-order valence-electron chi connectivity index (χ2n) is 13.1. The Hall–Kier alpha value is -3.80. The Balaban J connectivity index is 1.73. The summed E-state index contributed by atoms with van der Waals surface area (Å²) in [7, 11) is -0.643. The number of ketones is 1. The van der Waals surface area contributed by atoms with Crippen LogP contribution < -0.4 is 5.30 Å². The normalized spacial score (nSPS) is 19.7. The maximum absolute atomic E-state index is 13.0. The van der Waals surface area contributed by atoms with Gasteiger partial charge in [0, 0.05) is 24.7 Å². The quantitative estimate of drug-likeness (QED) is 0.133. The monoisotopic (exact) mass is 608 g/mol. The molecule has 1 saturated heterocycles. The molecule has 0 N–H and O–H groups in total. The third kappa shape index (κ3) is 6.08. The van der Waals surface area contributed by atoms with E-state index in [1.807, 2.05) is 0 Å². The molecule has 228 valence electrons. The van der Waals surface area contributed by atoms with Crippen molar-refractivity contribution >= 4 is 19.0 Å². The Bertz CT molecular complexity index is 1640. The lowest BCUT2D eigenvalue weighted by atomic mass is 9.77. The summed E-state index contributed by atoms with van der Waals surface area (Å²) in [6.07, 6.45) is 1.34. The first-order valence-electron chi connectivity index (χ1n) is 16.4. The zero-order valence-corrected chi connectivity index (χ0v) is 28.4. The van der Waals surface area contributed by atoms with E-state index in [-0.39, 0.29) is 11.8 Å². The standard InChI is InChI=1S/C43H45OP/c1-28-16-13-17-29(2)39(28)41(34-20-9-7-10-21-34)37-24-15-25-38(43(37)45-32(5)26-36(44)27-33(45)6)42(35-22-11-8-12-23-35)40-30(3)18-14-19-31(40)4/h7-25,32-33,41-42H,26-27H2,1-6H3. The highest BCUT2D eigenvalue weighted by Gasteiger charge is 2.39. The average Bonchev–Trinajstić information content (AvgIpc) is 3.02. The van der Waals surface area contributed by atoms with Gasteiger partial charge in [0.1, 0.15) is 5.78 Å². The smallest absolute Gasteiger partial charge is 0.134 e. The fourth-order valence-corrected chi connectivity index (χ4v) is 11.6. The van der Waals surface area contributed by atoms with Gasteiger partial charge in [0.15, 0.2) is 0 Å². The van der Waals surface area contributed by atoms with Crippen LogP contribution in [0.2, 0.25) is 0 Å². The lowest BCUT2D eigenvalue weighted by Gasteiger charge is -2.40. The van der Waals surface area contributed by atoms with Crippen LogP contribution in [0.5, 0.6) is 0 Å². The van der Waals surface area contributed by atoms with Crippen LogP contribution in [0.15, 0.2) is 115 Å². The van der Waals surface area contributed by atoms with E-state index >= 15 is 0 Å². The van der Waals surface area contributed by atoms with Gasteiger partial charge in [0.2, 0.25) is 0 Å². The fraction of sp³-hybridized carbons (Fsp3) is 0.279. The van der Waals surface area contributed by atoms with Gasteiger partial charge in [-0.2, -0.15) is 0 Å². The number of hydrogen-bond acceptors (Lipinski definition) is 1. The van der Waals surface area contributed by atoms with Gasteiger partial charge in [-0.15, -0.1) is 0 Å².